The van der Waals surface area contributed by atoms with Crippen LogP contribution >= 0.6 is 0 Å². The Labute approximate surface area is 101 Å². The molecule has 92 valence electrons. The van der Waals surface area contributed by atoms with Gasteiger partial charge >= 0.3 is 6.09 Å². The van der Waals surface area contributed by atoms with Gasteiger partial charge in [0, 0.05) is 31.9 Å². The van der Waals surface area contributed by atoms with E-state index in [-0.39, 0.29) is 5.92 Å². The normalized spacial score (nSPS) is 21.0. The van der Waals surface area contributed by atoms with Gasteiger partial charge in [0.2, 0.25) is 0 Å². The van der Waals surface area contributed by atoms with Crippen molar-refractivity contribution in [1.29, 1.82) is 5.41 Å². The number of carbonyl (C=O) groups is 1. The van der Waals surface area contributed by atoms with E-state index in [0.717, 1.165) is 16.8 Å². The summed E-state index contributed by atoms with van der Waals surface area (Å²) in [5.41, 5.74) is 1.62. The van der Waals surface area contributed by atoms with Gasteiger partial charge in [0.25, 0.3) is 0 Å². The zero-order valence-corrected chi connectivity index (χ0v) is 10.2. The molecule has 1 atom stereocenters. The second-order valence-corrected chi connectivity index (χ2v) is 4.09. The average molecular weight is 235 g/mol. The molecule has 2 N–H and O–H groups in total. The summed E-state index contributed by atoms with van der Waals surface area (Å²) in [6, 6.07) is 0. The van der Waals surface area contributed by atoms with Crippen molar-refractivity contribution in [1.82, 2.24) is 9.80 Å². The van der Waals surface area contributed by atoms with Crippen molar-refractivity contribution in [2.75, 3.05) is 14.1 Å². The molecule has 17 heavy (non-hydrogen) atoms. The molecule has 0 fully saturated rings. The third-order valence-corrected chi connectivity index (χ3v) is 2.41. The highest BCUT2D eigenvalue weighted by atomic mass is 16.4. The highest BCUT2D eigenvalue weighted by molar-refractivity contribution is 5.83. The zero-order chi connectivity index (χ0) is 13.0. The largest absolute Gasteiger partial charge is 0.464 e. The second-order valence-electron chi connectivity index (χ2n) is 4.09. The molecule has 5 heteroatoms. The van der Waals surface area contributed by atoms with Crippen molar-refractivity contribution in [3.63, 3.8) is 0 Å². The summed E-state index contributed by atoms with van der Waals surface area (Å²) in [6.45, 7) is 1.99. The number of allylic oxidation sites excluding steroid dienone is 4. The van der Waals surface area contributed by atoms with Crippen LogP contribution in [-0.4, -0.2) is 41.4 Å². The summed E-state index contributed by atoms with van der Waals surface area (Å²) < 4.78 is 0. The first-order valence-electron chi connectivity index (χ1n) is 5.26. The molecule has 0 saturated heterocycles. The predicted molar refractivity (Wildman–Crippen MR) is 66.8 cm³/mol. The summed E-state index contributed by atoms with van der Waals surface area (Å²) in [4.78, 5) is 13.7. The third-order valence-electron chi connectivity index (χ3n) is 2.41. The van der Waals surface area contributed by atoms with Gasteiger partial charge in [-0.05, 0) is 11.6 Å². The summed E-state index contributed by atoms with van der Waals surface area (Å²) in [5.74, 6) is 0.124. The first-order chi connectivity index (χ1) is 7.95. The fraction of sp³-hybridized carbons (Fsp3) is 0.333. The summed E-state index contributed by atoms with van der Waals surface area (Å²) in [5, 5.41) is 16.0. The molecule has 5 nitrogen and oxygen atoms in total. The van der Waals surface area contributed by atoms with Gasteiger partial charge in [-0.3, -0.25) is 5.41 Å². The average Bonchev–Trinajstić information content (AvgIpc) is 2.22. The van der Waals surface area contributed by atoms with Crippen LogP contribution in [0.5, 0.6) is 0 Å². The fourth-order valence-electron chi connectivity index (χ4n) is 1.60. The van der Waals surface area contributed by atoms with Gasteiger partial charge in [-0.15, -0.1) is 0 Å². The van der Waals surface area contributed by atoms with Gasteiger partial charge in [-0.2, -0.15) is 0 Å². The van der Waals surface area contributed by atoms with E-state index in [1.54, 1.807) is 6.08 Å². The molecular formula is C12H17N3O2. The van der Waals surface area contributed by atoms with Gasteiger partial charge in [0.15, 0.2) is 0 Å². The molecule has 0 heterocycles. The molecule has 1 aliphatic carbocycles. The van der Waals surface area contributed by atoms with Crippen molar-refractivity contribution in [2.45, 2.75) is 6.92 Å². The molecule has 0 radical (unpaired) electrons. The van der Waals surface area contributed by atoms with E-state index in [2.05, 4.69) is 0 Å². The van der Waals surface area contributed by atoms with E-state index >= 15 is 0 Å². The van der Waals surface area contributed by atoms with Crippen molar-refractivity contribution < 1.29 is 9.90 Å². The topological polar surface area (TPSA) is 67.6 Å². The summed E-state index contributed by atoms with van der Waals surface area (Å²) in [7, 11) is 3.88. The Morgan fingerprint density at radius 1 is 1.47 bits per heavy atom. The quantitative estimate of drug-likeness (QED) is 0.581. The van der Waals surface area contributed by atoms with Crippen LogP contribution in [0.2, 0.25) is 0 Å². The van der Waals surface area contributed by atoms with Crippen LogP contribution in [0.4, 0.5) is 4.79 Å². The van der Waals surface area contributed by atoms with E-state index in [1.807, 2.05) is 44.3 Å². The Morgan fingerprint density at radius 3 is 2.53 bits per heavy atom. The highest BCUT2D eigenvalue weighted by Crippen LogP contribution is 2.23. The van der Waals surface area contributed by atoms with Crippen LogP contribution < -0.4 is 0 Å². The highest BCUT2D eigenvalue weighted by Gasteiger charge is 2.17. The van der Waals surface area contributed by atoms with Crippen LogP contribution in [-0.2, 0) is 0 Å². The summed E-state index contributed by atoms with van der Waals surface area (Å²) >= 11 is 0. The Hall–Kier alpha value is -2.04. The zero-order valence-electron chi connectivity index (χ0n) is 10.2. The minimum atomic E-state index is -1.15. The first kappa shape index (κ1) is 13.0. The van der Waals surface area contributed by atoms with E-state index in [4.69, 9.17) is 10.5 Å². The molecule has 0 aromatic rings. The number of amides is 1. The molecule has 0 aromatic heterocycles. The van der Waals surface area contributed by atoms with Crippen LogP contribution in [0.15, 0.2) is 35.7 Å². The molecule has 0 bridgehead atoms. The van der Waals surface area contributed by atoms with Gasteiger partial charge in [0.05, 0.1) is 6.34 Å². The van der Waals surface area contributed by atoms with Crippen LogP contribution in [0.3, 0.4) is 0 Å². The Morgan fingerprint density at radius 2 is 2.12 bits per heavy atom. The number of hydrogen-bond donors (Lipinski definition) is 2. The molecule has 1 rings (SSSR count). The maximum atomic E-state index is 10.9. The van der Waals surface area contributed by atoms with Crippen molar-refractivity contribution in [3.05, 3.63) is 35.7 Å². The van der Waals surface area contributed by atoms with Crippen LogP contribution in [0.25, 0.3) is 0 Å². The molecule has 0 spiro atoms. The van der Waals surface area contributed by atoms with Crippen molar-refractivity contribution in [2.24, 2.45) is 5.92 Å². The lowest BCUT2D eigenvalue weighted by molar-refractivity contribution is 0.178. The molecule has 0 aromatic carbocycles. The fourth-order valence-corrected chi connectivity index (χ4v) is 1.60. The van der Waals surface area contributed by atoms with Crippen molar-refractivity contribution >= 4 is 12.4 Å². The first-order valence-corrected chi connectivity index (χ1v) is 5.26. The van der Waals surface area contributed by atoms with Crippen LogP contribution in [0, 0.1) is 11.3 Å². The molecule has 1 aliphatic rings. The van der Waals surface area contributed by atoms with E-state index in [0.29, 0.717) is 5.70 Å². The Kier molecular flexibility index (Phi) is 4.09. The molecule has 1 amide bonds. The molecule has 1 unspecified atom stereocenters. The smallest absolute Gasteiger partial charge is 0.417 e. The SMILES string of the molecule is CC1C=C(N(C=N)C(=O)O)C=CC1=CN(C)C. The number of rotatable bonds is 3. The van der Waals surface area contributed by atoms with Crippen molar-refractivity contribution in [3.8, 4) is 0 Å². The maximum Gasteiger partial charge on any atom is 0.417 e. The third kappa shape index (κ3) is 3.21. The predicted octanol–water partition coefficient (Wildman–Crippen LogP) is 2.11. The summed E-state index contributed by atoms with van der Waals surface area (Å²) in [6.07, 6.45) is 7.04. The Bertz CT molecular complexity index is 408. The van der Waals surface area contributed by atoms with E-state index in [1.165, 1.54) is 0 Å². The Balaban J connectivity index is 2.94. The van der Waals surface area contributed by atoms with Gasteiger partial charge in [0.1, 0.15) is 0 Å². The van der Waals surface area contributed by atoms with Gasteiger partial charge < -0.3 is 10.0 Å². The van der Waals surface area contributed by atoms with Crippen LogP contribution in [0.1, 0.15) is 6.92 Å². The number of carboxylic acid groups (broad SMARTS) is 1. The van der Waals surface area contributed by atoms with E-state index in [9.17, 15) is 4.79 Å². The maximum absolute atomic E-state index is 10.9. The lowest BCUT2D eigenvalue weighted by Gasteiger charge is -2.22. The minimum absolute atomic E-state index is 0.124. The standard InChI is InChI=1S/C12H17N3O2/c1-9-6-11(15(8-13)12(16)17)5-4-10(9)7-14(2)3/h4-9,13H,1-3H3,(H,16,17). The molecular weight excluding hydrogens is 218 g/mol. The second kappa shape index (κ2) is 5.34. The number of nitrogens with one attached hydrogen (secondary N) is 1. The monoisotopic (exact) mass is 235 g/mol. The van der Waals surface area contributed by atoms with Gasteiger partial charge in [-0.1, -0.05) is 19.1 Å². The van der Waals surface area contributed by atoms with E-state index < -0.39 is 6.09 Å². The lowest BCUT2D eigenvalue weighted by Crippen LogP contribution is -2.27. The molecule has 0 aliphatic heterocycles. The minimum Gasteiger partial charge on any atom is -0.464 e. The number of nitrogens with zero attached hydrogens (tertiary/aromatic N) is 2. The lowest BCUT2D eigenvalue weighted by atomic mass is 9.95. The van der Waals surface area contributed by atoms with Gasteiger partial charge in [-0.25, -0.2) is 9.69 Å². The molecule has 0 saturated carbocycles. The number of hydrogen-bond acceptors (Lipinski definition) is 3.